The average molecular weight is 158 g/mol. The van der Waals surface area contributed by atoms with Gasteiger partial charge in [0.2, 0.25) is 0 Å². The molecule has 0 aliphatic rings. The highest BCUT2D eigenvalue weighted by molar-refractivity contribution is 5.28. The van der Waals surface area contributed by atoms with Crippen LogP contribution >= 0.6 is 0 Å². The molecule has 0 aromatic rings. The highest BCUT2D eigenvalue weighted by Gasteiger charge is 1.93. The Morgan fingerprint density at radius 3 is 2.36 bits per heavy atom. The minimum Gasteiger partial charge on any atom is -0.247 e. The van der Waals surface area contributed by atoms with Crippen molar-refractivity contribution >= 4 is 0 Å². The molecule has 0 aliphatic heterocycles. The third kappa shape index (κ3) is 4.48. The molecule has 0 amide bonds. The van der Waals surface area contributed by atoms with Gasteiger partial charge in [0.15, 0.2) is 0 Å². The lowest BCUT2D eigenvalue weighted by molar-refractivity contribution is 0.560. The van der Waals surface area contributed by atoms with E-state index < -0.39 is 12.5 Å². The topological polar surface area (TPSA) is 0 Å². The van der Waals surface area contributed by atoms with Crippen LogP contribution in [0, 0.1) is 0 Å². The predicted molar refractivity (Wildman–Crippen MR) is 43.7 cm³/mol. The van der Waals surface area contributed by atoms with Crippen molar-refractivity contribution in [3.8, 4) is 0 Å². The van der Waals surface area contributed by atoms with Crippen LogP contribution in [0.1, 0.15) is 13.8 Å². The third-order valence-electron chi connectivity index (χ3n) is 1.16. The van der Waals surface area contributed by atoms with Gasteiger partial charge >= 0.3 is 0 Å². The van der Waals surface area contributed by atoms with Crippen molar-refractivity contribution in [3.63, 3.8) is 0 Å². The van der Waals surface area contributed by atoms with Crippen LogP contribution in [0.3, 0.4) is 0 Å². The maximum Gasteiger partial charge on any atom is 0.125 e. The normalized spacial score (nSPS) is 13.5. The zero-order valence-corrected chi connectivity index (χ0v) is 6.82. The molecule has 0 unspecified atom stereocenters. The van der Waals surface area contributed by atoms with Crippen molar-refractivity contribution in [1.82, 2.24) is 0 Å². The van der Waals surface area contributed by atoms with Crippen molar-refractivity contribution in [2.45, 2.75) is 13.8 Å². The van der Waals surface area contributed by atoms with E-state index in [9.17, 15) is 8.78 Å². The van der Waals surface area contributed by atoms with Gasteiger partial charge in [0.25, 0.3) is 0 Å². The molecule has 0 N–H and O–H groups in total. The van der Waals surface area contributed by atoms with E-state index in [2.05, 4.69) is 6.58 Å². The summed E-state index contributed by atoms with van der Waals surface area (Å²) >= 11 is 0. The highest BCUT2D eigenvalue weighted by Crippen LogP contribution is 2.10. The molecule has 0 aromatic carbocycles. The van der Waals surface area contributed by atoms with Crippen molar-refractivity contribution in [3.05, 3.63) is 35.7 Å². The standard InChI is InChI=1S/C9H12F2/c1-7(2)9(11)6-8(3)4-5-10/h4,6H,1,5H2,2-3H3/b8-4-,9-6+. The lowest BCUT2D eigenvalue weighted by atomic mass is 10.2. The maximum absolute atomic E-state index is 12.7. The lowest BCUT2D eigenvalue weighted by Crippen LogP contribution is -1.77. The summed E-state index contributed by atoms with van der Waals surface area (Å²) in [5, 5.41) is 0. The van der Waals surface area contributed by atoms with Gasteiger partial charge in [-0.3, -0.25) is 0 Å². The van der Waals surface area contributed by atoms with E-state index in [-0.39, 0.29) is 0 Å². The Labute approximate surface area is 65.9 Å². The van der Waals surface area contributed by atoms with Gasteiger partial charge in [0.1, 0.15) is 12.5 Å². The summed E-state index contributed by atoms with van der Waals surface area (Å²) < 4.78 is 24.3. The van der Waals surface area contributed by atoms with E-state index in [0.29, 0.717) is 11.1 Å². The second-order valence-corrected chi connectivity index (χ2v) is 2.38. The smallest absolute Gasteiger partial charge is 0.125 e. The van der Waals surface area contributed by atoms with Gasteiger partial charge in [0.05, 0.1) is 0 Å². The van der Waals surface area contributed by atoms with Crippen LogP contribution in [0.25, 0.3) is 0 Å². The molecule has 0 saturated carbocycles. The number of hydrogen-bond donors (Lipinski definition) is 0. The van der Waals surface area contributed by atoms with Crippen LogP contribution in [0.5, 0.6) is 0 Å². The Bertz CT molecular complexity index is 200. The lowest BCUT2D eigenvalue weighted by Gasteiger charge is -1.94. The van der Waals surface area contributed by atoms with Crippen molar-refractivity contribution in [1.29, 1.82) is 0 Å². The summed E-state index contributed by atoms with van der Waals surface area (Å²) in [5.74, 6) is -0.396. The summed E-state index contributed by atoms with van der Waals surface area (Å²) in [4.78, 5) is 0. The van der Waals surface area contributed by atoms with Gasteiger partial charge in [-0.2, -0.15) is 0 Å². The molecule has 0 nitrogen and oxygen atoms in total. The first-order valence-electron chi connectivity index (χ1n) is 3.33. The first-order valence-corrected chi connectivity index (χ1v) is 3.33. The first-order chi connectivity index (χ1) is 5.07. The largest absolute Gasteiger partial charge is 0.247 e. The van der Waals surface area contributed by atoms with Gasteiger partial charge < -0.3 is 0 Å². The molecule has 0 aliphatic carbocycles. The fourth-order valence-electron chi connectivity index (χ4n) is 0.504. The zero-order chi connectivity index (χ0) is 8.85. The Morgan fingerprint density at radius 2 is 2.00 bits per heavy atom. The molecule has 0 atom stereocenters. The summed E-state index contributed by atoms with van der Waals surface area (Å²) in [5.41, 5.74) is 0.935. The minimum absolute atomic E-state index is 0.358. The number of rotatable bonds is 3. The number of alkyl halides is 1. The molecule has 0 spiro atoms. The fourth-order valence-corrected chi connectivity index (χ4v) is 0.504. The molecule has 0 aromatic heterocycles. The molecule has 0 rings (SSSR count). The Kier molecular flexibility index (Phi) is 4.42. The monoisotopic (exact) mass is 158 g/mol. The van der Waals surface area contributed by atoms with Crippen LogP contribution in [-0.4, -0.2) is 6.67 Å². The summed E-state index contributed by atoms with van der Waals surface area (Å²) in [6, 6.07) is 0. The number of hydrogen-bond acceptors (Lipinski definition) is 0. The molecule has 62 valence electrons. The van der Waals surface area contributed by atoms with Gasteiger partial charge in [-0.05, 0) is 31.1 Å². The fraction of sp³-hybridized carbons (Fsp3) is 0.333. The molecular formula is C9H12F2. The Morgan fingerprint density at radius 1 is 1.45 bits per heavy atom. The molecule has 2 heteroatoms. The second-order valence-electron chi connectivity index (χ2n) is 2.38. The van der Waals surface area contributed by atoms with Crippen molar-refractivity contribution in [2.24, 2.45) is 0 Å². The molecule has 0 bridgehead atoms. The molecular weight excluding hydrogens is 146 g/mol. The summed E-state index contributed by atoms with van der Waals surface area (Å²) in [6.07, 6.45) is 2.57. The van der Waals surface area contributed by atoms with Gasteiger partial charge in [-0.15, -0.1) is 0 Å². The Balaban J connectivity index is 4.30. The minimum atomic E-state index is -0.564. The predicted octanol–water partition coefficient (Wildman–Crippen LogP) is 3.33. The SMILES string of the molecule is C=C(C)/C(F)=C\C(C)=C/CF. The van der Waals surface area contributed by atoms with Crippen molar-refractivity contribution < 1.29 is 8.78 Å². The molecule has 0 saturated heterocycles. The molecule has 0 heterocycles. The van der Waals surface area contributed by atoms with E-state index >= 15 is 0 Å². The average Bonchev–Trinajstić information content (AvgIpc) is 1.87. The quantitative estimate of drug-likeness (QED) is 0.552. The van der Waals surface area contributed by atoms with Gasteiger partial charge in [-0.1, -0.05) is 12.7 Å². The van der Waals surface area contributed by atoms with E-state index in [1.807, 2.05) is 0 Å². The van der Waals surface area contributed by atoms with E-state index in [1.165, 1.54) is 12.2 Å². The summed E-state index contributed by atoms with van der Waals surface area (Å²) in [7, 11) is 0. The molecule has 0 radical (unpaired) electrons. The van der Waals surface area contributed by atoms with Gasteiger partial charge in [0, 0.05) is 0 Å². The van der Waals surface area contributed by atoms with Crippen LogP contribution < -0.4 is 0 Å². The second kappa shape index (κ2) is 4.83. The van der Waals surface area contributed by atoms with Crippen LogP contribution in [-0.2, 0) is 0 Å². The van der Waals surface area contributed by atoms with Crippen LogP contribution in [0.4, 0.5) is 8.78 Å². The molecule has 11 heavy (non-hydrogen) atoms. The zero-order valence-electron chi connectivity index (χ0n) is 6.82. The first kappa shape index (κ1) is 10.1. The van der Waals surface area contributed by atoms with Crippen LogP contribution in [0.15, 0.2) is 35.7 Å². The van der Waals surface area contributed by atoms with E-state index in [1.54, 1.807) is 13.8 Å². The molecule has 0 fully saturated rings. The van der Waals surface area contributed by atoms with Crippen molar-refractivity contribution in [2.75, 3.05) is 6.67 Å². The van der Waals surface area contributed by atoms with E-state index in [4.69, 9.17) is 0 Å². The van der Waals surface area contributed by atoms with E-state index in [0.717, 1.165) is 0 Å². The third-order valence-corrected chi connectivity index (χ3v) is 1.16. The summed E-state index contributed by atoms with van der Waals surface area (Å²) in [6.45, 7) is 6.05. The Hall–Kier alpha value is -0.920. The van der Waals surface area contributed by atoms with Gasteiger partial charge in [-0.25, -0.2) is 8.78 Å². The maximum atomic E-state index is 12.7. The number of allylic oxidation sites excluding steroid dienone is 5. The highest BCUT2D eigenvalue weighted by atomic mass is 19.1. The van der Waals surface area contributed by atoms with Crippen LogP contribution in [0.2, 0.25) is 0 Å². The number of halogens is 2.